The molecule has 1 aliphatic rings. The molecule has 0 bridgehead atoms. The fourth-order valence-corrected chi connectivity index (χ4v) is 3.18. The number of aromatic nitrogens is 2. The Balaban J connectivity index is 1.48. The molecule has 2 N–H and O–H groups in total. The molecule has 2 heterocycles. The highest BCUT2D eigenvalue weighted by Crippen LogP contribution is 2.20. The van der Waals surface area contributed by atoms with Crippen molar-refractivity contribution in [2.24, 2.45) is 0 Å². The summed E-state index contributed by atoms with van der Waals surface area (Å²) in [6, 6.07) is 9.58. The molecule has 150 valence electrons. The summed E-state index contributed by atoms with van der Waals surface area (Å²) < 4.78 is 5.47. The molecule has 3 amide bonds. The number of rotatable bonds is 6. The maximum atomic E-state index is 11.8. The molecule has 1 saturated heterocycles. The van der Waals surface area contributed by atoms with Crippen LogP contribution in [-0.2, 0) is 11.2 Å². The first-order chi connectivity index (χ1) is 13.5. The Morgan fingerprint density at radius 1 is 1.18 bits per heavy atom. The number of nitrogens with one attached hydrogen (secondary N) is 2. The number of urea groups is 1. The summed E-state index contributed by atoms with van der Waals surface area (Å²) in [5, 5.41) is 8.75. The Hall–Kier alpha value is -2.78. The lowest BCUT2D eigenvalue weighted by molar-refractivity contribution is -0.121. The molecular weight excluding hydrogens is 360 g/mol. The molecule has 3 rings (SSSR count). The van der Waals surface area contributed by atoms with Crippen LogP contribution in [0.15, 0.2) is 34.9 Å². The predicted octanol–water partition coefficient (Wildman–Crippen LogP) is 0.795. The summed E-state index contributed by atoms with van der Waals surface area (Å²) in [5.74, 6) is 0.984. The van der Waals surface area contributed by atoms with Crippen LogP contribution in [0.1, 0.15) is 30.2 Å². The van der Waals surface area contributed by atoms with Crippen LogP contribution >= 0.6 is 0 Å². The van der Waals surface area contributed by atoms with Gasteiger partial charge in [-0.1, -0.05) is 35.5 Å². The third kappa shape index (κ3) is 5.37. The Bertz CT molecular complexity index is 786. The molecule has 0 saturated carbocycles. The van der Waals surface area contributed by atoms with Gasteiger partial charge in [0.25, 0.3) is 0 Å². The highest BCUT2D eigenvalue weighted by molar-refractivity contribution is 5.95. The number of benzene rings is 1. The van der Waals surface area contributed by atoms with Crippen LogP contribution in [0, 0.1) is 0 Å². The predicted molar refractivity (Wildman–Crippen MR) is 103 cm³/mol. The van der Waals surface area contributed by atoms with E-state index in [4.69, 9.17) is 4.52 Å². The molecule has 0 radical (unpaired) electrons. The van der Waals surface area contributed by atoms with Gasteiger partial charge in [-0.05, 0) is 12.5 Å². The van der Waals surface area contributed by atoms with Crippen molar-refractivity contribution in [2.75, 3.05) is 39.8 Å². The molecule has 1 aliphatic heterocycles. The quantitative estimate of drug-likeness (QED) is 0.757. The van der Waals surface area contributed by atoms with Gasteiger partial charge in [0.05, 0.1) is 12.6 Å². The van der Waals surface area contributed by atoms with Crippen LogP contribution in [0.4, 0.5) is 4.79 Å². The van der Waals surface area contributed by atoms with Gasteiger partial charge in [0.1, 0.15) is 0 Å². The number of nitrogens with zero attached hydrogens (tertiary/aromatic N) is 4. The van der Waals surface area contributed by atoms with E-state index >= 15 is 0 Å². The average Bonchev–Trinajstić information content (AvgIpc) is 3.17. The van der Waals surface area contributed by atoms with Gasteiger partial charge in [0.15, 0.2) is 5.82 Å². The standard InChI is InChI=1S/C19H26N6O3/c1-14(18-21-16(23-28-18)12-15-6-4-3-5-7-15)25-10-8-24(9-11-25)13-17(26)22-19(27)20-2/h3-7,14H,8-13H2,1-2H3,(H2,20,22,26,27). The first-order valence-electron chi connectivity index (χ1n) is 9.39. The molecule has 1 fully saturated rings. The van der Waals surface area contributed by atoms with Gasteiger partial charge in [-0.3, -0.25) is 19.9 Å². The minimum Gasteiger partial charge on any atom is -0.341 e. The van der Waals surface area contributed by atoms with Gasteiger partial charge in [-0.25, -0.2) is 4.79 Å². The van der Waals surface area contributed by atoms with Gasteiger partial charge in [0.2, 0.25) is 11.8 Å². The third-order valence-electron chi connectivity index (χ3n) is 4.85. The summed E-state index contributed by atoms with van der Waals surface area (Å²) in [6.07, 6.45) is 0.644. The fourth-order valence-electron chi connectivity index (χ4n) is 3.18. The molecule has 1 aromatic carbocycles. The van der Waals surface area contributed by atoms with Crippen LogP contribution < -0.4 is 10.6 Å². The van der Waals surface area contributed by atoms with Crippen molar-refractivity contribution < 1.29 is 14.1 Å². The number of amides is 3. The summed E-state index contributed by atoms with van der Waals surface area (Å²) in [6.45, 7) is 5.29. The highest BCUT2D eigenvalue weighted by Gasteiger charge is 2.26. The summed E-state index contributed by atoms with van der Waals surface area (Å²) >= 11 is 0. The van der Waals surface area contributed by atoms with Gasteiger partial charge in [-0.15, -0.1) is 0 Å². The number of carbonyl (C=O) groups is 2. The Kier molecular flexibility index (Phi) is 6.72. The minimum absolute atomic E-state index is 0.0128. The van der Waals surface area contributed by atoms with E-state index in [-0.39, 0.29) is 18.5 Å². The van der Waals surface area contributed by atoms with Crippen LogP contribution in [0.5, 0.6) is 0 Å². The first kappa shape index (κ1) is 20.0. The summed E-state index contributed by atoms with van der Waals surface area (Å²) in [7, 11) is 1.48. The van der Waals surface area contributed by atoms with Gasteiger partial charge in [0, 0.05) is 39.6 Å². The zero-order valence-electron chi connectivity index (χ0n) is 16.2. The topological polar surface area (TPSA) is 104 Å². The van der Waals surface area contributed by atoms with Crippen molar-refractivity contribution in [1.82, 2.24) is 30.6 Å². The lowest BCUT2D eigenvalue weighted by Crippen LogP contribution is -2.51. The average molecular weight is 386 g/mol. The highest BCUT2D eigenvalue weighted by atomic mass is 16.5. The second-order valence-corrected chi connectivity index (χ2v) is 6.83. The van der Waals surface area contributed by atoms with Gasteiger partial charge < -0.3 is 9.84 Å². The Morgan fingerprint density at radius 3 is 2.57 bits per heavy atom. The smallest absolute Gasteiger partial charge is 0.321 e. The van der Waals surface area contributed by atoms with Crippen molar-refractivity contribution in [3.8, 4) is 0 Å². The molecule has 1 unspecified atom stereocenters. The van der Waals surface area contributed by atoms with Crippen molar-refractivity contribution in [3.63, 3.8) is 0 Å². The number of hydrogen-bond acceptors (Lipinski definition) is 7. The van der Waals surface area contributed by atoms with Gasteiger partial charge in [-0.2, -0.15) is 4.98 Å². The molecule has 1 aromatic heterocycles. The fraction of sp³-hybridized carbons (Fsp3) is 0.474. The Morgan fingerprint density at radius 2 is 1.89 bits per heavy atom. The lowest BCUT2D eigenvalue weighted by Gasteiger charge is -2.36. The third-order valence-corrected chi connectivity index (χ3v) is 4.85. The molecular formula is C19H26N6O3. The molecule has 9 nitrogen and oxygen atoms in total. The lowest BCUT2D eigenvalue weighted by atomic mass is 10.1. The van der Waals surface area contributed by atoms with Crippen molar-refractivity contribution in [2.45, 2.75) is 19.4 Å². The van der Waals surface area contributed by atoms with Crippen molar-refractivity contribution >= 4 is 11.9 Å². The first-order valence-corrected chi connectivity index (χ1v) is 9.39. The summed E-state index contributed by atoms with van der Waals surface area (Å²) in [5.41, 5.74) is 1.14. The largest absolute Gasteiger partial charge is 0.341 e. The van der Waals surface area contributed by atoms with E-state index in [0.29, 0.717) is 18.1 Å². The number of hydrogen-bond donors (Lipinski definition) is 2. The zero-order valence-corrected chi connectivity index (χ0v) is 16.2. The number of imide groups is 1. The van der Waals surface area contributed by atoms with E-state index in [1.165, 1.54) is 7.05 Å². The SMILES string of the molecule is CNC(=O)NC(=O)CN1CCN(C(C)c2nc(Cc3ccccc3)no2)CC1. The zero-order chi connectivity index (χ0) is 19.9. The molecule has 0 spiro atoms. The molecule has 0 aliphatic carbocycles. The molecule has 2 aromatic rings. The van der Waals surface area contributed by atoms with E-state index in [0.717, 1.165) is 31.7 Å². The van der Waals surface area contributed by atoms with E-state index < -0.39 is 6.03 Å². The summed E-state index contributed by atoms with van der Waals surface area (Å²) in [4.78, 5) is 31.8. The number of piperazine rings is 1. The second-order valence-electron chi connectivity index (χ2n) is 6.83. The van der Waals surface area contributed by atoms with E-state index in [1.54, 1.807) is 0 Å². The van der Waals surface area contributed by atoms with E-state index in [1.807, 2.05) is 42.2 Å². The van der Waals surface area contributed by atoms with E-state index in [2.05, 4.69) is 25.7 Å². The normalized spacial score (nSPS) is 16.5. The monoisotopic (exact) mass is 386 g/mol. The maximum Gasteiger partial charge on any atom is 0.321 e. The Labute approximate surface area is 164 Å². The van der Waals surface area contributed by atoms with Crippen LogP contribution in [0.25, 0.3) is 0 Å². The minimum atomic E-state index is -0.486. The molecule has 1 atom stereocenters. The number of carbonyl (C=O) groups excluding carboxylic acids is 2. The van der Waals surface area contributed by atoms with Crippen molar-refractivity contribution in [3.05, 3.63) is 47.6 Å². The molecule has 28 heavy (non-hydrogen) atoms. The van der Waals surface area contributed by atoms with Crippen LogP contribution in [0.3, 0.4) is 0 Å². The van der Waals surface area contributed by atoms with Crippen molar-refractivity contribution in [1.29, 1.82) is 0 Å². The second kappa shape index (κ2) is 9.43. The van der Waals surface area contributed by atoms with Gasteiger partial charge >= 0.3 is 6.03 Å². The van der Waals surface area contributed by atoms with Crippen LogP contribution in [0.2, 0.25) is 0 Å². The van der Waals surface area contributed by atoms with E-state index in [9.17, 15) is 9.59 Å². The van der Waals surface area contributed by atoms with Crippen LogP contribution in [-0.4, -0.2) is 71.7 Å². The molecule has 9 heteroatoms. The maximum absolute atomic E-state index is 11.8.